The summed E-state index contributed by atoms with van der Waals surface area (Å²) >= 11 is 0. The van der Waals surface area contributed by atoms with Crippen molar-refractivity contribution in [3.8, 4) is 0 Å². The van der Waals surface area contributed by atoms with E-state index in [-0.39, 0.29) is 17.5 Å². The number of anilines is 2. The molecule has 0 bridgehead atoms. The van der Waals surface area contributed by atoms with Crippen LogP contribution in [-0.2, 0) is 9.53 Å². The van der Waals surface area contributed by atoms with Crippen molar-refractivity contribution in [2.24, 2.45) is 0 Å². The molecule has 0 aliphatic heterocycles. The molecule has 0 heterocycles. The SMILES string of the molecule is CCOCCCNC(=O)c1cc(NC(=O)/C=C/c2ccc([N+](=O)[O-])cc2)ccc1N(C)C. The lowest BCUT2D eigenvalue weighted by Crippen LogP contribution is -2.27. The third-order valence-electron chi connectivity index (χ3n) is 4.48. The molecule has 0 spiro atoms. The van der Waals surface area contributed by atoms with E-state index in [1.807, 2.05) is 25.9 Å². The fraction of sp³-hybridized carbons (Fsp3) is 0.304. The molecule has 0 atom stereocenters. The third-order valence-corrected chi connectivity index (χ3v) is 4.48. The van der Waals surface area contributed by atoms with Crippen LogP contribution in [0.15, 0.2) is 48.5 Å². The van der Waals surface area contributed by atoms with Gasteiger partial charge in [0.05, 0.1) is 10.5 Å². The van der Waals surface area contributed by atoms with Crippen LogP contribution >= 0.6 is 0 Å². The number of nitrogens with zero attached hydrogens (tertiary/aromatic N) is 2. The summed E-state index contributed by atoms with van der Waals surface area (Å²) in [6, 6.07) is 11.0. The molecule has 2 rings (SSSR count). The molecule has 170 valence electrons. The van der Waals surface area contributed by atoms with Gasteiger partial charge in [-0.25, -0.2) is 0 Å². The smallest absolute Gasteiger partial charge is 0.269 e. The molecule has 9 heteroatoms. The Kier molecular flexibility index (Phi) is 9.37. The Bertz CT molecular complexity index is 971. The molecular weight excluding hydrogens is 412 g/mol. The molecule has 0 unspecified atom stereocenters. The summed E-state index contributed by atoms with van der Waals surface area (Å²) in [7, 11) is 3.68. The summed E-state index contributed by atoms with van der Waals surface area (Å²) in [4.78, 5) is 37.0. The fourth-order valence-electron chi connectivity index (χ4n) is 2.86. The molecule has 0 radical (unpaired) electrons. The second kappa shape index (κ2) is 12.2. The van der Waals surface area contributed by atoms with Gasteiger partial charge in [-0.05, 0) is 55.3 Å². The Labute approximate surface area is 187 Å². The summed E-state index contributed by atoms with van der Waals surface area (Å²) in [5.41, 5.74) is 2.29. The minimum atomic E-state index is -0.482. The van der Waals surface area contributed by atoms with E-state index in [1.165, 1.54) is 18.2 Å². The number of carbonyl (C=O) groups is 2. The molecule has 0 aliphatic rings. The largest absolute Gasteiger partial charge is 0.382 e. The highest BCUT2D eigenvalue weighted by molar-refractivity contribution is 6.05. The van der Waals surface area contributed by atoms with Crippen LogP contribution < -0.4 is 15.5 Å². The molecular formula is C23H28N4O5. The van der Waals surface area contributed by atoms with Gasteiger partial charge in [-0.1, -0.05) is 0 Å². The number of nitrogens with one attached hydrogen (secondary N) is 2. The predicted molar refractivity (Wildman–Crippen MR) is 125 cm³/mol. The second-order valence-corrected chi connectivity index (χ2v) is 7.10. The molecule has 2 N–H and O–H groups in total. The molecule has 0 aromatic heterocycles. The zero-order valence-corrected chi connectivity index (χ0v) is 18.5. The van der Waals surface area contributed by atoms with E-state index in [2.05, 4.69) is 10.6 Å². The zero-order valence-electron chi connectivity index (χ0n) is 18.5. The minimum Gasteiger partial charge on any atom is -0.382 e. The van der Waals surface area contributed by atoms with E-state index in [9.17, 15) is 19.7 Å². The fourth-order valence-corrected chi connectivity index (χ4v) is 2.86. The summed E-state index contributed by atoms with van der Waals surface area (Å²) in [6.45, 7) is 3.62. The van der Waals surface area contributed by atoms with Crippen molar-refractivity contribution in [1.82, 2.24) is 5.32 Å². The van der Waals surface area contributed by atoms with Crippen molar-refractivity contribution < 1.29 is 19.2 Å². The first-order valence-corrected chi connectivity index (χ1v) is 10.2. The van der Waals surface area contributed by atoms with Crippen LogP contribution in [0.2, 0.25) is 0 Å². The van der Waals surface area contributed by atoms with Gasteiger partial charge in [-0.2, -0.15) is 0 Å². The van der Waals surface area contributed by atoms with Crippen molar-refractivity contribution in [3.05, 3.63) is 69.8 Å². The lowest BCUT2D eigenvalue weighted by atomic mass is 10.1. The van der Waals surface area contributed by atoms with Gasteiger partial charge in [0.15, 0.2) is 0 Å². The maximum Gasteiger partial charge on any atom is 0.269 e. The monoisotopic (exact) mass is 440 g/mol. The summed E-state index contributed by atoms with van der Waals surface area (Å²) in [6.07, 6.45) is 3.59. The number of amides is 2. The summed E-state index contributed by atoms with van der Waals surface area (Å²) in [5.74, 6) is -0.619. The number of hydrogen-bond acceptors (Lipinski definition) is 6. The van der Waals surface area contributed by atoms with Gasteiger partial charge < -0.3 is 20.3 Å². The summed E-state index contributed by atoms with van der Waals surface area (Å²) < 4.78 is 5.27. The van der Waals surface area contributed by atoms with Gasteiger partial charge >= 0.3 is 0 Å². The second-order valence-electron chi connectivity index (χ2n) is 7.10. The van der Waals surface area contributed by atoms with Crippen molar-refractivity contribution in [2.45, 2.75) is 13.3 Å². The van der Waals surface area contributed by atoms with E-state index in [0.717, 1.165) is 5.69 Å². The van der Waals surface area contributed by atoms with Crippen LogP contribution in [-0.4, -0.2) is 50.6 Å². The Morgan fingerprint density at radius 2 is 1.88 bits per heavy atom. The van der Waals surface area contributed by atoms with E-state index in [1.54, 1.807) is 36.4 Å². The topological polar surface area (TPSA) is 114 Å². The quantitative estimate of drug-likeness (QED) is 0.239. The number of carbonyl (C=O) groups excluding carboxylic acids is 2. The van der Waals surface area contributed by atoms with Crippen molar-refractivity contribution in [2.75, 3.05) is 44.1 Å². The predicted octanol–water partition coefficient (Wildman–Crippen LogP) is 3.47. The van der Waals surface area contributed by atoms with Gasteiger partial charge in [0.2, 0.25) is 5.91 Å². The lowest BCUT2D eigenvalue weighted by Gasteiger charge is -2.18. The van der Waals surface area contributed by atoms with Gasteiger partial charge in [0.25, 0.3) is 11.6 Å². The first kappa shape index (κ1) is 24.5. The number of nitro groups is 1. The molecule has 9 nitrogen and oxygen atoms in total. The van der Waals surface area contributed by atoms with E-state index < -0.39 is 4.92 Å². The van der Waals surface area contributed by atoms with Crippen LogP contribution in [0.25, 0.3) is 6.08 Å². The highest BCUT2D eigenvalue weighted by Gasteiger charge is 2.14. The average molecular weight is 441 g/mol. The van der Waals surface area contributed by atoms with Crippen LogP contribution in [0.5, 0.6) is 0 Å². The van der Waals surface area contributed by atoms with Crippen LogP contribution in [0.3, 0.4) is 0 Å². The first-order chi connectivity index (χ1) is 15.3. The van der Waals surface area contributed by atoms with Gasteiger partial charge in [0.1, 0.15) is 0 Å². The van der Waals surface area contributed by atoms with Crippen molar-refractivity contribution >= 4 is 35.0 Å². The third kappa shape index (κ3) is 7.51. The Hall–Kier alpha value is -3.72. The van der Waals surface area contributed by atoms with Gasteiger partial charge in [0, 0.05) is 63.4 Å². The number of non-ortho nitro benzene ring substituents is 1. The highest BCUT2D eigenvalue weighted by atomic mass is 16.6. The normalized spacial score (nSPS) is 10.7. The molecule has 32 heavy (non-hydrogen) atoms. The van der Waals surface area contributed by atoms with Crippen molar-refractivity contribution in [3.63, 3.8) is 0 Å². The number of rotatable bonds is 11. The molecule has 2 amide bonds. The maximum absolute atomic E-state index is 12.7. The number of ether oxygens (including phenoxy) is 1. The Morgan fingerprint density at radius 1 is 1.16 bits per heavy atom. The van der Waals surface area contributed by atoms with E-state index in [4.69, 9.17) is 4.74 Å². The first-order valence-electron chi connectivity index (χ1n) is 10.2. The minimum absolute atomic E-state index is 0.0173. The van der Waals surface area contributed by atoms with Crippen LogP contribution in [0.4, 0.5) is 17.1 Å². The van der Waals surface area contributed by atoms with Crippen LogP contribution in [0, 0.1) is 10.1 Å². The highest BCUT2D eigenvalue weighted by Crippen LogP contribution is 2.23. The average Bonchev–Trinajstić information content (AvgIpc) is 2.77. The molecule has 0 saturated heterocycles. The summed E-state index contributed by atoms with van der Waals surface area (Å²) in [5, 5.41) is 16.3. The number of hydrogen-bond donors (Lipinski definition) is 2. The number of benzene rings is 2. The molecule has 2 aromatic carbocycles. The Morgan fingerprint density at radius 3 is 2.50 bits per heavy atom. The van der Waals surface area contributed by atoms with E-state index in [0.29, 0.717) is 43.0 Å². The zero-order chi connectivity index (χ0) is 23.5. The van der Waals surface area contributed by atoms with Gasteiger partial charge in [-0.15, -0.1) is 0 Å². The molecule has 0 aliphatic carbocycles. The Balaban J connectivity index is 2.05. The standard InChI is InChI=1S/C23H28N4O5/c1-4-32-15-5-14-24-23(29)20-16-18(9-12-21(20)26(2)3)25-22(28)13-8-17-6-10-19(11-7-17)27(30)31/h6-13,16H,4-5,14-15H2,1-3H3,(H,24,29)(H,25,28)/b13-8+. The maximum atomic E-state index is 12.7. The molecule has 0 saturated carbocycles. The van der Waals surface area contributed by atoms with E-state index >= 15 is 0 Å². The number of nitro benzene ring substituents is 1. The molecule has 2 aromatic rings. The van der Waals surface area contributed by atoms with Crippen molar-refractivity contribution in [1.29, 1.82) is 0 Å². The lowest BCUT2D eigenvalue weighted by molar-refractivity contribution is -0.384. The van der Waals surface area contributed by atoms with Gasteiger partial charge in [-0.3, -0.25) is 19.7 Å². The van der Waals surface area contributed by atoms with Crippen LogP contribution in [0.1, 0.15) is 29.3 Å². The molecule has 0 fully saturated rings.